The highest BCUT2D eigenvalue weighted by Gasteiger charge is 2.22. The summed E-state index contributed by atoms with van der Waals surface area (Å²) in [6.07, 6.45) is 5.43. The molecule has 1 unspecified atom stereocenters. The van der Waals surface area contributed by atoms with Crippen LogP contribution in [0.1, 0.15) is 37.7 Å². The fourth-order valence-corrected chi connectivity index (χ4v) is 2.23. The molecule has 1 atom stereocenters. The quantitative estimate of drug-likeness (QED) is 0.774. The number of rotatable bonds is 2. The average Bonchev–Trinajstić information content (AvgIpc) is 2.59. The highest BCUT2D eigenvalue weighted by molar-refractivity contribution is 5.18. The van der Waals surface area contributed by atoms with E-state index >= 15 is 0 Å². The first-order valence-electron chi connectivity index (χ1n) is 5.47. The third-order valence-corrected chi connectivity index (χ3v) is 3.14. The van der Waals surface area contributed by atoms with E-state index in [-0.39, 0.29) is 0 Å². The molecule has 3 nitrogen and oxygen atoms in total. The highest BCUT2D eigenvalue weighted by atomic mass is 15.1. The molecule has 1 heterocycles. The third-order valence-electron chi connectivity index (χ3n) is 3.14. The second kappa shape index (κ2) is 3.73. The van der Waals surface area contributed by atoms with Gasteiger partial charge in [0.05, 0.1) is 12.0 Å². The van der Waals surface area contributed by atoms with Crippen LogP contribution >= 0.6 is 0 Å². The van der Waals surface area contributed by atoms with Crippen LogP contribution < -0.4 is 5.73 Å². The molecule has 14 heavy (non-hydrogen) atoms. The summed E-state index contributed by atoms with van der Waals surface area (Å²) < 4.78 is 2.29. The molecule has 1 aromatic rings. The van der Waals surface area contributed by atoms with Gasteiger partial charge >= 0.3 is 0 Å². The molecule has 0 bridgehead atoms. The van der Waals surface area contributed by atoms with Gasteiger partial charge in [-0.15, -0.1) is 0 Å². The van der Waals surface area contributed by atoms with E-state index in [0.717, 1.165) is 19.4 Å². The van der Waals surface area contributed by atoms with Crippen molar-refractivity contribution in [2.75, 3.05) is 6.54 Å². The van der Waals surface area contributed by atoms with Crippen LogP contribution in [0, 0.1) is 5.92 Å². The Labute approximate surface area is 85.3 Å². The molecule has 1 aliphatic carbocycles. The first-order valence-corrected chi connectivity index (χ1v) is 5.47. The molecule has 0 spiro atoms. The Morgan fingerprint density at radius 3 is 3.07 bits per heavy atom. The van der Waals surface area contributed by atoms with E-state index in [1.54, 1.807) is 0 Å². The number of nitrogens with zero attached hydrogens (tertiary/aromatic N) is 2. The Balaban J connectivity index is 2.25. The molecule has 1 aliphatic rings. The summed E-state index contributed by atoms with van der Waals surface area (Å²) in [5.41, 5.74) is 8.41. The van der Waals surface area contributed by atoms with Crippen LogP contribution in [0.3, 0.4) is 0 Å². The van der Waals surface area contributed by atoms with Gasteiger partial charge < -0.3 is 10.3 Å². The highest BCUT2D eigenvalue weighted by Crippen LogP contribution is 2.25. The standard InChI is InChI=1S/C11H19N3/c1-8(2)14-7-13-10-5-9(6-12)3-4-11(10)14/h7-9H,3-6,12H2,1-2H3. The van der Waals surface area contributed by atoms with Crippen molar-refractivity contribution in [1.82, 2.24) is 9.55 Å². The van der Waals surface area contributed by atoms with Crippen molar-refractivity contribution in [3.8, 4) is 0 Å². The molecular weight excluding hydrogens is 174 g/mol. The molecule has 3 heteroatoms. The molecule has 0 fully saturated rings. The van der Waals surface area contributed by atoms with E-state index in [4.69, 9.17) is 5.73 Å². The van der Waals surface area contributed by atoms with Gasteiger partial charge in [0, 0.05) is 11.7 Å². The number of imidazole rings is 1. The maximum Gasteiger partial charge on any atom is 0.0954 e. The first-order chi connectivity index (χ1) is 6.72. The number of nitrogens with two attached hydrogens (primary N) is 1. The summed E-state index contributed by atoms with van der Waals surface area (Å²) >= 11 is 0. The van der Waals surface area contributed by atoms with Crippen LogP contribution in [0.4, 0.5) is 0 Å². The first kappa shape index (κ1) is 9.71. The van der Waals surface area contributed by atoms with Gasteiger partial charge in [-0.25, -0.2) is 4.98 Å². The summed E-state index contributed by atoms with van der Waals surface area (Å²) in [5.74, 6) is 0.651. The molecule has 0 radical (unpaired) electrons. The van der Waals surface area contributed by atoms with Crippen LogP contribution in [-0.4, -0.2) is 16.1 Å². The predicted octanol–water partition coefficient (Wildman–Crippen LogP) is 1.53. The molecule has 2 rings (SSSR count). The van der Waals surface area contributed by atoms with Crippen molar-refractivity contribution in [3.63, 3.8) is 0 Å². The van der Waals surface area contributed by atoms with E-state index in [1.165, 1.54) is 17.8 Å². The lowest BCUT2D eigenvalue weighted by Gasteiger charge is -2.22. The maximum atomic E-state index is 5.69. The molecule has 0 amide bonds. The summed E-state index contributed by atoms with van der Waals surface area (Å²) in [5, 5.41) is 0. The van der Waals surface area contributed by atoms with E-state index in [9.17, 15) is 0 Å². The monoisotopic (exact) mass is 193 g/mol. The van der Waals surface area contributed by atoms with Gasteiger partial charge in [-0.2, -0.15) is 0 Å². The maximum absolute atomic E-state index is 5.69. The zero-order chi connectivity index (χ0) is 10.1. The Kier molecular flexibility index (Phi) is 2.59. The molecule has 0 saturated heterocycles. The van der Waals surface area contributed by atoms with Crippen LogP contribution in [0.5, 0.6) is 0 Å². The topological polar surface area (TPSA) is 43.8 Å². The van der Waals surface area contributed by atoms with Gasteiger partial charge in [0.15, 0.2) is 0 Å². The number of hydrogen-bond donors (Lipinski definition) is 1. The van der Waals surface area contributed by atoms with Crippen LogP contribution in [0.15, 0.2) is 6.33 Å². The zero-order valence-corrected chi connectivity index (χ0v) is 9.03. The van der Waals surface area contributed by atoms with E-state index < -0.39 is 0 Å². The van der Waals surface area contributed by atoms with Gasteiger partial charge in [-0.1, -0.05) is 0 Å². The molecule has 0 aromatic carbocycles. The van der Waals surface area contributed by atoms with Gasteiger partial charge in [-0.05, 0) is 45.6 Å². The summed E-state index contributed by atoms with van der Waals surface area (Å²) in [6, 6.07) is 0.528. The molecule has 78 valence electrons. The van der Waals surface area contributed by atoms with E-state index in [2.05, 4.69) is 23.4 Å². The smallest absolute Gasteiger partial charge is 0.0954 e. The van der Waals surface area contributed by atoms with E-state index in [1.807, 2.05) is 6.33 Å². The Morgan fingerprint density at radius 2 is 2.43 bits per heavy atom. The minimum atomic E-state index is 0.528. The lowest BCUT2D eigenvalue weighted by molar-refractivity contribution is 0.444. The van der Waals surface area contributed by atoms with Crippen molar-refractivity contribution in [1.29, 1.82) is 0 Å². The third kappa shape index (κ3) is 1.57. The average molecular weight is 193 g/mol. The lowest BCUT2D eigenvalue weighted by atomic mass is 9.90. The van der Waals surface area contributed by atoms with Crippen molar-refractivity contribution in [2.24, 2.45) is 11.7 Å². The Bertz CT molecular complexity index is 314. The fourth-order valence-electron chi connectivity index (χ4n) is 2.23. The van der Waals surface area contributed by atoms with Gasteiger partial charge in [-0.3, -0.25) is 0 Å². The van der Waals surface area contributed by atoms with Crippen LogP contribution in [-0.2, 0) is 12.8 Å². The molecule has 2 N–H and O–H groups in total. The Morgan fingerprint density at radius 1 is 1.64 bits per heavy atom. The number of hydrogen-bond acceptors (Lipinski definition) is 2. The molecular formula is C11H19N3. The predicted molar refractivity (Wildman–Crippen MR) is 57.2 cm³/mol. The summed E-state index contributed by atoms with van der Waals surface area (Å²) in [7, 11) is 0. The van der Waals surface area contributed by atoms with Crippen LogP contribution in [0.2, 0.25) is 0 Å². The van der Waals surface area contributed by atoms with Crippen molar-refractivity contribution >= 4 is 0 Å². The SMILES string of the molecule is CC(C)n1cnc2c1CCC(CN)C2. The van der Waals surface area contributed by atoms with Crippen LogP contribution in [0.25, 0.3) is 0 Å². The molecule has 0 saturated carbocycles. The normalized spacial score (nSPS) is 21.3. The molecule has 0 aliphatic heterocycles. The Hall–Kier alpha value is -0.830. The van der Waals surface area contributed by atoms with E-state index in [0.29, 0.717) is 12.0 Å². The fraction of sp³-hybridized carbons (Fsp3) is 0.727. The van der Waals surface area contributed by atoms with Crippen molar-refractivity contribution < 1.29 is 0 Å². The minimum absolute atomic E-state index is 0.528. The summed E-state index contributed by atoms with van der Waals surface area (Å²) in [4.78, 5) is 4.48. The molecule has 1 aromatic heterocycles. The lowest BCUT2D eigenvalue weighted by Crippen LogP contribution is -2.23. The summed E-state index contributed by atoms with van der Waals surface area (Å²) in [6.45, 7) is 5.21. The number of fused-ring (bicyclic) bond motifs is 1. The van der Waals surface area contributed by atoms with Crippen molar-refractivity contribution in [2.45, 2.75) is 39.2 Å². The largest absolute Gasteiger partial charge is 0.332 e. The van der Waals surface area contributed by atoms with Gasteiger partial charge in [0.1, 0.15) is 0 Å². The minimum Gasteiger partial charge on any atom is -0.332 e. The van der Waals surface area contributed by atoms with Gasteiger partial charge in [0.25, 0.3) is 0 Å². The van der Waals surface area contributed by atoms with Crippen molar-refractivity contribution in [3.05, 3.63) is 17.7 Å². The second-order valence-electron chi connectivity index (χ2n) is 4.48. The zero-order valence-electron chi connectivity index (χ0n) is 9.03. The van der Waals surface area contributed by atoms with Gasteiger partial charge in [0.2, 0.25) is 0 Å². The number of aromatic nitrogens is 2. The second-order valence-corrected chi connectivity index (χ2v) is 4.48.